The molecule has 8 heteroatoms. The van der Waals surface area contributed by atoms with Gasteiger partial charge < -0.3 is 19.3 Å². The van der Waals surface area contributed by atoms with Crippen molar-refractivity contribution in [2.45, 2.75) is 64.6 Å². The summed E-state index contributed by atoms with van der Waals surface area (Å²) in [5.41, 5.74) is 1.86. The maximum atomic E-state index is 13.1. The Hall–Kier alpha value is -3.18. The van der Waals surface area contributed by atoms with Crippen LogP contribution in [-0.2, 0) is 15.1 Å². The van der Waals surface area contributed by atoms with Crippen molar-refractivity contribution < 1.29 is 14.3 Å². The second-order valence-electron chi connectivity index (χ2n) is 8.67. The van der Waals surface area contributed by atoms with Crippen molar-refractivity contribution in [2.75, 3.05) is 31.7 Å². The average molecular weight is 466 g/mol. The van der Waals surface area contributed by atoms with Gasteiger partial charge in [-0.15, -0.1) is 0 Å². The van der Waals surface area contributed by atoms with Gasteiger partial charge in [0.2, 0.25) is 5.91 Å². The third-order valence-electron chi connectivity index (χ3n) is 6.54. The standard InChI is InChI=1S/C24H29N5O3.C2H6/c1-17-14-28(15-18(2)29(17)21-5-8-27-20(10-21)11-25)23(30)16-32-24(6-4-7-24)19-9-22(31-3)13-26-12-19;1-2/h5,8-10,12-13,17-18H,4,6-7,14-16H2,1-3H3;1-2H3/t17-,18?;/m0./s1. The minimum Gasteiger partial charge on any atom is -0.495 e. The van der Waals surface area contributed by atoms with Crippen molar-refractivity contribution in [3.05, 3.63) is 48.0 Å². The van der Waals surface area contributed by atoms with Crippen LogP contribution < -0.4 is 9.64 Å². The van der Waals surface area contributed by atoms with E-state index < -0.39 is 5.60 Å². The molecule has 0 bridgehead atoms. The first-order chi connectivity index (χ1) is 16.5. The third-order valence-corrected chi connectivity index (χ3v) is 6.54. The summed E-state index contributed by atoms with van der Waals surface area (Å²) in [5.74, 6) is 0.691. The summed E-state index contributed by atoms with van der Waals surface area (Å²) >= 11 is 0. The largest absolute Gasteiger partial charge is 0.495 e. The number of hydrogen-bond acceptors (Lipinski definition) is 7. The average Bonchev–Trinajstić information content (AvgIpc) is 2.84. The molecule has 0 aromatic carbocycles. The minimum absolute atomic E-state index is 0.00192. The number of carbonyl (C=O) groups is 1. The molecule has 4 rings (SSSR count). The Bertz CT molecular complexity index is 1010. The van der Waals surface area contributed by atoms with E-state index in [9.17, 15) is 4.79 Å². The molecule has 1 saturated heterocycles. The van der Waals surface area contributed by atoms with E-state index in [1.807, 2.05) is 30.9 Å². The van der Waals surface area contributed by atoms with Gasteiger partial charge in [-0.1, -0.05) is 13.8 Å². The number of ether oxygens (including phenoxy) is 2. The summed E-state index contributed by atoms with van der Waals surface area (Å²) in [4.78, 5) is 25.5. The molecule has 0 N–H and O–H groups in total. The molecule has 0 spiro atoms. The Morgan fingerprint density at radius 2 is 1.91 bits per heavy atom. The highest BCUT2D eigenvalue weighted by Crippen LogP contribution is 2.45. The van der Waals surface area contributed by atoms with Gasteiger partial charge >= 0.3 is 0 Å². The lowest BCUT2D eigenvalue weighted by Crippen LogP contribution is -2.59. The summed E-state index contributed by atoms with van der Waals surface area (Å²) < 4.78 is 11.5. The van der Waals surface area contributed by atoms with Crippen molar-refractivity contribution in [3.63, 3.8) is 0 Å². The second-order valence-corrected chi connectivity index (χ2v) is 8.67. The first-order valence-electron chi connectivity index (χ1n) is 12.0. The molecule has 2 fully saturated rings. The van der Waals surface area contributed by atoms with Crippen LogP contribution in [0.4, 0.5) is 5.69 Å². The molecular weight excluding hydrogens is 430 g/mol. The highest BCUT2D eigenvalue weighted by Gasteiger charge is 2.42. The monoisotopic (exact) mass is 465 g/mol. The van der Waals surface area contributed by atoms with Crippen molar-refractivity contribution in [1.29, 1.82) is 5.26 Å². The number of piperazine rings is 1. The Balaban J connectivity index is 0.00000158. The maximum Gasteiger partial charge on any atom is 0.248 e. The molecule has 0 radical (unpaired) electrons. The lowest BCUT2D eigenvalue weighted by atomic mass is 9.75. The topological polar surface area (TPSA) is 91.6 Å². The predicted molar refractivity (Wildman–Crippen MR) is 131 cm³/mol. The number of rotatable bonds is 6. The summed E-state index contributed by atoms with van der Waals surface area (Å²) in [5, 5.41) is 9.16. The fourth-order valence-corrected chi connectivity index (χ4v) is 4.76. The van der Waals surface area contributed by atoms with E-state index >= 15 is 0 Å². The van der Waals surface area contributed by atoms with E-state index in [0.717, 1.165) is 30.5 Å². The zero-order valence-corrected chi connectivity index (χ0v) is 20.8. The molecule has 1 amide bonds. The SMILES string of the molecule is CC.COc1cncc(C2(OCC(=O)N3CC(C)N(c4ccnc(C#N)c4)[C@@H](C)C3)CCC2)c1. The van der Waals surface area contributed by atoms with Gasteiger partial charge in [0.15, 0.2) is 0 Å². The van der Waals surface area contributed by atoms with E-state index in [0.29, 0.717) is 24.5 Å². The number of aromatic nitrogens is 2. The van der Waals surface area contributed by atoms with Crippen molar-refractivity contribution >= 4 is 11.6 Å². The Morgan fingerprint density at radius 3 is 2.50 bits per heavy atom. The van der Waals surface area contributed by atoms with Gasteiger partial charge in [0.25, 0.3) is 0 Å². The molecule has 1 saturated carbocycles. The molecule has 1 aliphatic heterocycles. The van der Waals surface area contributed by atoms with Gasteiger partial charge in [-0.3, -0.25) is 9.78 Å². The zero-order valence-electron chi connectivity index (χ0n) is 20.8. The Kier molecular flexibility index (Phi) is 8.46. The fourth-order valence-electron chi connectivity index (χ4n) is 4.76. The number of methoxy groups -OCH3 is 1. The molecule has 2 aromatic rings. The maximum absolute atomic E-state index is 13.1. The van der Waals surface area contributed by atoms with Crippen LogP contribution in [0.5, 0.6) is 5.75 Å². The normalized spacial score (nSPS) is 20.9. The molecule has 8 nitrogen and oxygen atoms in total. The number of nitriles is 1. The summed E-state index contributed by atoms with van der Waals surface area (Å²) in [7, 11) is 1.62. The molecule has 2 aliphatic rings. The number of nitrogens with zero attached hydrogens (tertiary/aromatic N) is 5. The minimum atomic E-state index is -0.457. The van der Waals surface area contributed by atoms with Crippen LogP contribution >= 0.6 is 0 Å². The third kappa shape index (κ3) is 5.31. The number of pyridine rings is 2. The van der Waals surface area contributed by atoms with E-state index in [2.05, 4.69) is 34.8 Å². The van der Waals surface area contributed by atoms with E-state index in [1.54, 1.807) is 31.8 Å². The molecule has 2 aromatic heterocycles. The number of amides is 1. The van der Waals surface area contributed by atoms with Gasteiger partial charge in [-0.2, -0.15) is 5.26 Å². The zero-order chi connectivity index (χ0) is 24.7. The molecular formula is C26H35N5O3. The molecule has 2 atom stereocenters. The first kappa shape index (κ1) is 25.4. The van der Waals surface area contributed by atoms with Gasteiger partial charge in [0.05, 0.1) is 18.9 Å². The molecule has 1 aliphatic carbocycles. The Morgan fingerprint density at radius 1 is 1.21 bits per heavy atom. The van der Waals surface area contributed by atoms with E-state index in [1.165, 1.54) is 0 Å². The highest BCUT2D eigenvalue weighted by atomic mass is 16.5. The second kappa shape index (κ2) is 11.3. The van der Waals surface area contributed by atoms with Crippen LogP contribution in [0.25, 0.3) is 0 Å². The smallest absolute Gasteiger partial charge is 0.248 e. The quantitative estimate of drug-likeness (QED) is 0.639. The molecule has 34 heavy (non-hydrogen) atoms. The van der Waals surface area contributed by atoms with Crippen molar-refractivity contribution in [1.82, 2.24) is 14.9 Å². The fraction of sp³-hybridized carbons (Fsp3) is 0.538. The highest BCUT2D eigenvalue weighted by molar-refractivity contribution is 5.78. The number of anilines is 1. The van der Waals surface area contributed by atoms with Gasteiger partial charge in [0.1, 0.15) is 24.1 Å². The van der Waals surface area contributed by atoms with Crippen LogP contribution in [0.3, 0.4) is 0 Å². The summed E-state index contributed by atoms with van der Waals surface area (Å²) in [6, 6.07) is 7.97. The Labute approximate surface area is 202 Å². The predicted octanol–water partition coefficient (Wildman–Crippen LogP) is 3.90. The first-order valence-corrected chi connectivity index (χ1v) is 12.0. The van der Waals surface area contributed by atoms with E-state index in [4.69, 9.17) is 14.7 Å². The van der Waals surface area contributed by atoms with Gasteiger partial charge in [-0.25, -0.2) is 4.98 Å². The molecule has 182 valence electrons. The van der Waals surface area contributed by atoms with Gasteiger partial charge in [-0.05, 0) is 51.3 Å². The van der Waals surface area contributed by atoms with Crippen LogP contribution in [-0.4, -0.2) is 59.7 Å². The van der Waals surface area contributed by atoms with Crippen LogP contribution in [0.2, 0.25) is 0 Å². The number of carbonyl (C=O) groups excluding carboxylic acids is 1. The number of hydrogen-bond donors (Lipinski definition) is 0. The molecule has 3 heterocycles. The van der Waals surface area contributed by atoms with Crippen LogP contribution in [0.15, 0.2) is 36.8 Å². The van der Waals surface area contributed by atoms with Crippen molar-refractivity contribution in [3.8, 4) is 11.8 Å². The van der Waals surface area contributed by atoms with Crippen LogP contribution in [0.1, 0.15) is 58.2 Å². The van der Waals surface area contributed by atoms with E-state index in [-0.39, 0.29) is 24.6 Å². The van der Waals surface area contributed by atoms with Crippen molar-refractivity contribution in [2.24, 2.45) is 0 Å². The molecule has 1 unspecified atom stereocenters. The van der Waals surface area contributed by atoms with Crippen LogP contribution in [0, 0.1) is 11.3 Å². The summed E-state index contributed by atoms with van der Waals surface area (Å²) in [6.07, 6.45) is 7.95. The van der Waals surface area contributed by atoms with Gasteiger partial charge in [0, 0.05) is 48.8 Å². The lowest BCUT2D eigenvalue weighted by Gasteiger charge is -2.46. The lowest BCUT2D eigenvalue weighted by molar-refractivity contribution is -0.154. The summed E-state index contributed by atoms with van der Waals surface area (Å²) in [6.45, 7) is 9.44.